The zero-order valence-electron chi connectivity index (χ0n) is 6.48. The fourth-order valence-corrected chi connectivity index (χ4v) is 1.21. The lowest BCUT2D eigenvalue weighted by molar-refractivity contribution is -0.670. The van der Waals surface area contributed by atoms with Crippen LogP contribution in [-0.4, -0.2) is 5.27 Å². The highest BCUT2D eigenvalue weighted by molar-refractivity contribution is 9.10. The molecule has 1 aromatic heterocycles. The van der Waals surface area contributed by atoms with Crippen molar-refractivity contribution in [2.24, 2.45) is 0 Å². The molecule has 66 valence electrons. The van der Waals surface area contributed by atoms with Crippen molar-refractivity contribution in [3.63, 3.8) is 0 Å². The summed E-state index contributed by atoms with van der Waals surface area (Å²) < 4.78 is 6.75. The van der Waals surface area contributed by atoms with Crippen LogP contribution >= 0.6 is 15.9 Å². The van der Waals surface area contributed by atoms with Crippen molar-refractivity contribution in [3.8, 4) is 11.6 Å². The normalized spacial score (nSPS) is 10.2. The fourth-order valence-electron chi connectivity index (χ4n) is 0.947. The number of hydrogen-bond acceptors (Lipinski definition) is 3. The quantitative estimate of drug-likeness (QED) is 0.693. The Morgan fingerprint density at radius 3 is 2.54 bits per heavy atom. The van der Waals surface area contributed by atoms with E-state index in [2.05, 4.69) is 25.7 Å². The molecule has 0 saturated heterocycles. The lowest BCUT2D eigenvalue weighted by Gasteiger charge is -1.88. The van der Waals surface area contributed by atoms with Gasteiger partial charge in [0.15, 0.2) is 0 Å². The summed E-state index contributed by atoms with van der Waals surface area (Å²) >= 11 is 3.31. The minimum atomic E-state index is -0.456. The Labute approximate surface area is 82.5 Å². The van der Waals surface area contributed by atoms with Gasteiger partial charge in [0, 0.05) is 16.6 Å². The molecule has 0 bridgehead atoms. The van der Waals surface area contributed by atoms with Gasteiger partial charge in [-0.3, -0.25) is 0 Å². The second-order valence-electron chi connectivity index (χ2n) is 2.44. The van der Waals surface area contributed by atoms with E-state index in [-0.39, 0.29) is 0 Å². The molecule has 1 heterocycles. The van der Waals surface area contributed by atoms with E-state index in [9.17, 15) is 5.11 Å². The summed E-state index contributed by atoms with van der Waals surface area (Å²) in [5, 5.41) is 14.2. The van der Waals surface area contributed by atoms with Crippen molar-refractivity contribution in [1.82, 2.24) is 5.27 Å². The van der Waals surface area contributed by atoms with E-state index in [1.807, 2.05) is 24.3 Å². The highest BCUT2D eigenvalue weighted by Crippen LogP contribution is 2.10. The molecule has 1 aromatic carbocycles. The lowest BCUT2D eigenvalue weighted by atomic mass is 10.3. The number of rotatable bonds is 1. The van der Waals surface area contributed by atoms with Crippen LogP contribution in [0.15, 0.2) is 39.5 Å². The van der Waals surface area contributed by atoms with E-state index in [1.54, 1.807) is 0 Å². The van der Waals surface area contributed by atoms with Gasteiger partial charge in [0.2, 0.25) is 11.9 Å². The summed E-state index contributed by atoms with van der Waals surface area (Å²) in [6, 6.07) is 7.38. The van der Waals surface area contributed by atoms with E-state index in [0.717, 1.165) is 10.2 Å². The molecule has 0 spiro atoms. The Morgan fingerprint density at radius 2 is 2.00 bits per heavy atom. The van der Waals surface area contributed by atoms with E-state index >= 15 is 0 Å². The molecule has 2 rings (SSSR count). The number of halogens is 1. The number of nitrogens with zero attached hydrogens (tertiary/aromatic N) is 2. The van der Waals surface area contributed by atoms with Crippen molar-refractivity contribution < 1.29 is 14.3 Å². The highest BCUT2D eigenvalue weighted by atomic mass is 79.9. The monoisotopic (exact) mass is 240 g/mol. The van der Waals surface area contributed by atoms with Crippen molar-refractivity contribution in [1.29, 1.82) is 0 Å². The first kappa shape index (κ1) is 8.25. The SMILES string of the molecule is [O-]c1c[n+](-c2ccc(Br)cc2)no1. The molecule has 0 radical (unpaired) electrons. The zero-order chi connectivity index (χ0) is 9.26. The standard InChI is InChI=1S/C8H5BrN2O2/c9-6-1-3-7(4-2-6)11-5-8(12)13-10-11/h1-5H. The first-order chi connectivity index (χ1) is 6.25. The van der Waals surface area contributed by atoms with Crippen LogP contribution in [0.2, 0.25) is 0 Å². The van der Waals surface area contributed by atoms with Gasteiger partial charge in [-0.15, -0.1) is 0 Å². The van der Waals surface area contributed by atoms with Crippen LogP contribution < -0.4 is 9.79 Å². The molecular weight excluding hydrogens is 236 g/mol. The Balaban J connectivity index is 2.41. The van der Waals surface area contributed by atoms with Crippen molar-refractivity contribution in [3.05, 3.63) is 34.9 Å². The minimum Gasteiger partial charge on any atom is -0.539 e. The van der Waals surface area contributed by atoms with Crippen LogP contribution in [0.4, 0.5) is 0 Å². The molecule has 2 aromatic rings. The van der Waals surface area contributed by atoms with Crippen molar-refractivity contribution in [2.75, 3.05) is 0 Å². The maximum absolute atomic E-state index is 10.7. The summed E-state index contributed by atoms with van der Waals surface area (Å²) in [6.45, 7) is 0. The summed E-state index contributed by atoms with van der Waals surface area (Å²) in [7, 11) is 0. The van der Waals surface area contributed by atoms with Crippen LogP contribution in [0.1, 0.15) is 0 Å². The average Bonchev–Trinajstić information content (AvgIpc) is 2.53. The van der Waals surface area contributed by atoms with Crippen LogP contribution in [-0.2, 0) is 0 Å². The maximum atomic E-state index is 10.7. The van der Waals surface area contributed by atoms with E-state index in [0.29, 0.717) is 0 Å². The van der Waals surface area contributed by atoms with Gasteiger partial charge in [-0.05, 0) is 16.8 Å². The van der Waals surface area contributed by atoms with Crippen LogP contribution in [0.3, 0.4) is 0 Å². The van der Waals surface area contributed by atoms with Gasteiger partial charge >= 0.3 is 0 Å². The molecule has 0 unspecified atom stereocenters. The topological polar surface area (TPSA) is 53.0 Å². The van der Waals surface area contributed by atoms with Crippen LogP contribution in [0.25, 0.3) is 5.69 Å². The van der Waals surface area contributed by atoms with Crippen molar-refractivity contribution in [2.45, 2.75) is 0 Å². The zero-order valence-corrected chi connectivity index (χ0v) is 8.06. The third-order valence-corrected chi connectivity index (χ3v) is 2.07. The molecular formula is C8H5BrN2O2. The van der Waals surface area contributed by atoms with Gasteiger partial charge in [0.05, 0.1) is 5.27 Å². The number of aromatic nitrogens is 2. The van der Waals surface area contributed by atoms with Crippen LogP contribution in [0.5, 0.6) is 5.95 Å². The van der Waals surface area contributed by atoms with Crippen LogP contribution in [0, 0.1) is 0 Å². The van der Waals surface area contributed by atoms with Gasteiger partial charge in [-0.2, -0.15) is 0 Å². The molecule has 13 heavy (non-hydrogen) atoms. The van der Waals surface area contributed by atoms with Crippen molar-refractivity contribution >= 4 is 15.9 Å². The molecule has 0 amide bonds. The first-order valence-corrected chi connectivity index (χ1v) is 4.36. The minimum absolute atomic E-state index is 0.456. The Kier molecular flexibility index (Phi) is 2.02. The largest absolute Gasteiger partial charge is 0.539 e. The molecule has 0 aliphatic heterocycles. The Bertz CT molecular complexity index is 410. The molecule has 0 N–H and O–H groups in total. The maximum Gasteiger partial charge on any atom is 0.239 e. The predicted molar refractivity (Wildman–Crippen MR) is 45.2 cm³/mol. The fraction of sp³-hybridized carbons (Fsp3) is 0. The van der Waals surface area contributed by atoms with E-state index < -0.39 is 5.95 Å². The number of benzene rings is 1. The third-order valence-electron chi connectivity index (χ3n) is 1.54. The van der Waals surface area contributed by atoms with E-state index in [4.69, 9.17) is 0 Å². The predicted octanol–water partition coefficient (Wildman–Crippen LogP) is 0.787. The van der Waals surface area contributed by atoms with Gasteiger partial charge < -0.3 is 9.63 Å². The Morgan fingerprint density at radius 1 is 1.31 bits per heavy atom. The Hall–Kier alpha value is -1.36. The second-order valence-corrected chi connectivity index (χ2v) is 3.36. The molecule has 0 fully saturated rings. The average molecular weight is 241 g/mol. The molecule has 0 aliphatic rings. The molecule has 0 aliphatic carbocycles. The van der Waals surface area contributed by atoms with Gasteiger partial charge in [0.1, 0.15) is 5.95 Å². The second kappa shape index (κ2) is 3.18. The van der Waals surface area contributed by atoms with Gasteiger partial charge in [0.25, 0.3) is 0 Å². The first-order valence-electron chi connectivity index (χ1n) is 3.57. The molecule has 5 heteroatoms. The number of hydrogen-bond donors (Lipinski definition) is 0. The summed E-state index contributed by atoms with van der Waals surface area (Å²) in [6.07, 6.45) is 1.28. The summed E-state index contributed by atoms with van der Waals surface area (Å²) in [5.41, 5.74) is 0.786. The lowest BCUT2D eigenvalue weighted by Crippen LogP contribution is -2.31. The van der Waals surface area contributed by atoms with Gasteiger partial charge in [-0.25, -0.2) is 0 Å². The summed E-state index contributed by atoms with van der Waals surface area (Å²) in [4.78, 5) is 0. The van der Waals surface area contributed by atoms with E-state index in [1.165, 1.54) is 10.9 Å². The molecule has 0 atom stereocenters. The molecule has 0 saturated carbocycles. The third kappa shape index (κ3) is 1.70. The summed E-state index contributed by atoms with van der Waals surface area (Å²) in [5.74, 6) is -0.456. The molecule has 4 nitrogen and oxygen atoms in total. The smallest absolute Gasteiger partial charge is 0.239 e. The highest BCUT2D eigenvalue weighted by Gasteiger charge is 2.07. The van der Waals surface area contributed by atoms with Gasteiger partial charge in [-0.1, -0.05) is 15.9 Å².